The minimum atomic E-state index is -0.958. The summed E-state index contributed by atoms with van der Waals surface area (Å²) >= 11 is 0. The summed E-state index contributed by atoms with van der Waals surface area (Å²) in [5.41, 5.74) is 1.09. The monoisotopic (exact) mass is 247 g/mol. The fourth-order valence-electron chi connectivity index (χ4n) is 1.85. The average Bonchev–Trinajstić information content (AvgIpc) is 3.19. The lowest BCUT2D eigenvalue weighted by atomic mass is 10.1. The van der Waals surface area contributed by atoms with Gasteiger partial charge in [-0.2, -0.15) is 0 Å². The van der Waals surface area contributed by atoms with Crippen molar-refractivity contribution in [2.75, 3.05) is 0 Å². The van der Waals surface area contributed by atoms with Gasteiger partial charge in [-0.05, 0) is 31.2 Å². The number of aliphatic carboxylic acids is 1. The lowest BCUT2D eigenvalue weighted by molar-refractivity contribution is -0.142. The Balaban J connectivity index is 1.86. The van der Waals surface area contributed by atoms with Crippen molar-refractivity contribution in [3.63, 3.8) is 0 Å². The Bertz CT molecular complexity index is 426. The third-order valence-electron chi connectivity index (χ3n) is 3.13. The second kappa shape index (κ2) is 5.67. The van der Waals surface area contributed by atoms with Gasteiger partial charge in [0, 0.05) is 5.92 Å². The van der Waals surface area contributed by atoms with Crippen LogP contribution in [0.3, 0.4) is 0 Å². The molecule has 4 heteroatoms. The summed E-state index contributed by atoms with van der Waals surface area (Å²) in [6.07, 6.45) is 2.86. The number of hydrogen-bond acceptors (Lipinski definition) is 2. The van der Waals surface area contributed by atoms with Crippen molar-refractivity contribution < 1.29 is 14.7 Å². The van der Waals surface area contributed by atoms with E-state index in [0.717, 1.165) is 18.4 Å². The molecule has 0 aromatic heterocycles. The van der Waals surface area contributed by atoms with Crippen LogP contribution in [0.1, 0.15) is 24.8 Å². The number of hydrogen-bond donors (Lipinski definition) is 2. The quantitative estimate of drug-likeness (QED) is 0.802. The van der Waals surface area contributed by atoms with Crippen molar-refractivity contribution in [1.82, 2.24) is 5.32 Å². The number of nitrogens with one attached hydrogen (secondary N) is 1. The average molecular weight is 247 g/mol. The minimum Gasteiger partial charge on any atom is -0.480 e. The number of rotatable bonds is 6. The van der Waals surface area contributed by atoms with Crippen LogP contribution in [0.2, 0.25) is 0 Å². The van der Waals surface area contributed by atoms with Crippen LogP contribution in [-0.4, -0.2) is 23.0 Å². The molecule has 1 amide bonds. The zero-order valence-electron chi connectivity index (χ0n) is 10.1. The van der Waals surface area contributed by atoms with Crippen LogP contribution in [0.5, 0.6) is 0 Å². The van der Waals surface area contributed by atoms with Crippen LogP contribution >= 0.6 is 0 Å². The highest BCUT2D eigenvalue weighted by Crippen LogP contribution is 2.29. The molecule has 96 valence electrons. The first-order valence-corrected chi connectivity index (χ1v) is 6.24. The maximum Gasteiger partial charge on any atom is 0.326 e. The third-order valence-corrected chi connectivity index (χ3v) is 3.13. The van der Waals surface area contributed by atoms with E-state index < -0.39 is 12.0 Å². The summed E-state index contributed by atoms with van der Waals surface area (Å²) in [5.74, 6) is -1.03. The number of carbonyl (C=O) groups is 2. The van der Waals surface area contributed by atoms with Crippen LogP contribution in [0, 0.1) is 5.92 Å². The summed E-state index contributed by atoms with van der Waals surface area (Å²) in [6, 6.07) is 8.91. The standard InChI is InChI=1S/C14H17NO3/c16-13(11-7-8-11)15-12(14(17)18)9-6-10-4-2-1-3-5-10/h1-5,11-12H,6-9H2,(H,15,16)(H,17,18)/t12-/m0/s1. The molecule has 2 N–H and O–H groups in total. The second-order valence-electron chi connectivity index (χ2n) is 4.70. The molecule has 1 saturated carbocycles. The molecule has 0 heterocycles. The van der Waals surface area contributed by atoms with Gasteiger partial charge < -0.3 is 10.4 Å². The van der Waals surface area contributed by atoms with E-state index in [9.17, 15) is 9.59 Å². The Labute approximate surface area is 106 Å². The van der Waals surface area contributed by atoms with E-state index in [1.165, 1.54) is 0 Å². The smallest absolute Gasteiger partial charge is 0.326 e. The molecule has 1 fully saturated rings. The number of carbonyl (C=O) groups excluding carboxylic acids is 1. The van der Waals surface area contributed by atoms with E-state index in [0.29, 0.717) is 12.8 Å². The number of benzene rings is 1. The number of carboxylic acid groups (broad SMARTS) is 1. The van der Waals surface area contributed by atoms with Crippen LogP contribution in [0.4, 0.5) is 0 Å². The molecule has 0 unspecified atom stereocenters. The molecule has 1 atom stereocenters. The lowest BCUT2D eigenvalue weighted by Crippen LogP contribution is -2.41. The summed E-state index contributed by atoms with van der Waals surface area (Å²) in [7, 11) is 0. The van der Waals surface area contributed by atoms with Gasteiger partial charge in [0.2, 0.25) is 5.91 Å². The predicted octanol–water partition coefficient (Wildman–Crippen LogP) is 1.60. The Morgan fingerprint density at radius 1 is 1.28 bits per heavy atom. The molecule has 1 aliphatic rings. The molecule has 0 radical (unpaired) electrons. The summed E-state index contributed by atoms with van der Waals surface area (Å²) in [4.78, 5) is 22.6. The van der Waals surface area contributed by atoms with Crippen LogP contribution in [0.15, 0.2) is 30.3 Å². The van der Waals surface area contributed by atoms with Gasteiger partial charge in [0.25, 0.3) is 0 Å². The summed E-state index contributed by atoms with van der Waals surface area (Å²) < 4.78 is 0. The normalized spacial score (nSPS) is 16.0. The van der Waals surface area contributed by atoms with Crippen molar-refractivity contribution in [3.05, 3.63) is 35.9 Å². The minimum absolute atomic E-state index is 0.0450. The van der Waals surface area contributed by atoms with Crippen molar-refractivity contribution in [2.45, 2.75) is 31.7 Å². The van der Waals surface area contributed by atoms with Gasteiger partial charge in [-0.25, -0.2) is 4.79 Å². The summed E-state index contributed by atoms with van der Waals surface area (Å²) in [6.45, 7) is 0. The van der Waals surface area contributed by atoms with Gasteiger partial charge in [0.05, 0.1) is 0 Å². The maximum absolute atomic E-state index is 11.6. The van der Waals surface area contributed by atoms with Gasteiger partial charge >= 0.3 is 5.97 Å². The van der Waals surface area contributed by atoms with E-state index in [2.05, 4.69) is 5.32 Å². The molecule has 0 aliphatic heterocycles. The molecule has 0 spiro atoms. The van der Waals surface area contributed by atoms with Crippen molar-refractivity contribution in [3.8, 4) is 0 Å². The molecule has 1 aromatic rings. The van der Waals surface area contributed by atoms with E-state index >= 15 is 0 Å². The molecule has 18 heavy (non-hydrogen) atoms. The number of carboxylic acids is 1. The van der Waals surface area contributed by atoms with Crippen LogP contribution < -0.4 is 5.32 Å². The van der Waals surface area contributed by atoms with Crippen LogP contribution in [-0.2, 0) is 16.0 Å². The highest BCUT2D eigenvalue weighted by atomic mass is 16.4. The molecular weight excluding hydrogens is 230 g/mol. The van der Waals surface area contributed by atoms with Gasteiger partial charge in [-0.1, -0.05) is 30.3 Å². The predicted molar refractivity (Wildman–Crippen MR) is 67.1 cm³/mol. The first-order chi connectivity index (χ1) is 8.66. The Hall–Kier alpha value is -1.84. The van der Waals surface area contributed by atoms with Gasteiger partial charge in [0.15, 0.2) is 0 Å². The molecular formula is C14H17NO3. The highest BCUT2D eigenvalue weighted by molar-refractivity contribution is 5.86. The SMILES string of the molecule is O=C(N[C@@H](CCc1ccccc1)C(=O)O)C1CC1. The molecule has 4 nitrogen and oxygen atoms in total. The highest BCUT2D eigenvalue weighted by Gasteiger charge is 2.32. The first-order valence-electron chi connectivity index (χ1n) is 6.24. The second-order valence-corrected chi connectivity index (χ2v) is 4.70. The first kappa shape index (κ1) is 12.6. The number of amides is 1. The van der Waals surface area contributed by atoms with E-state index in [1.807, 2.05) is 30.3 Å². The molecule has 2 rings (SSSR count). The topological polar surface area (TPSA) is 66.4 Å². The van der Waals surface area contributed by atoms with Crippen molar-refractivity contribution in [2.24, 2.45) is 5.92 Å². The maximum atomic E-state index is 11.6. The van der Waals surface area contributed by atoms with Gasteiger partial charge in [-0.3, -0.25) is 4.79 Å². The lowest BCUT2D eigenvalue weighted by Gasteiger charge is -2.14. The largest absolute Gasteiger partial charge is 0.480 e. The van der Waals surface area contributed by atoms with Crippen molar-refractivity contribution in [1.29, 1.82) is 0 Å². The van der Waals surface area contributed by atoms with E-state index in [4.69, 9.17) is 5.11 Å². The van der Waals surface area contributed by atoms with Gasteiger partial charge in [-0.15, -0.1) is 0 Å². The molecule has 1 aliphatic carbocycles. The third kappa shape index (κ3) is 3.58. The molecule has 1 aromatic carbocycles. The Kier molecular flexibility index (Phi) is 3.97. The Morgan fingerprint density at radius 2 is 1.94 bits per heavy atom. The fourth-order valence-corrected chi connectivity index (χ4v) is 1.85. The zero-order valence-corrected chi connectivity index (χ0v) is 10.1. The Morgan fingerprint density at radius 3 is 2.50 bits per heavy atom. The van der Waals surface area contributed by atoms with Crippen LogP contribution in [0.25, 0.3) is 0 Å². The van der Waals surface area contributed by atoms with E-state index in [1.54, 1.807) is 0 Å². The van der Waals surface area contributed by atoms with Crippen molar-refractivity contribution >= 4 is 11.9 Å². The zero-order chi connectivity index (χ0) is 13.0. The van der Waals surface area contributed by atoms with E-state index in [-0.39, 0.29) is 11.8 Å². The summed E-state index contributed by atoms with van der Waals surface area (Å²) in [5, 5.41) is 11.7. The number of aryl methyl sites for hydroxylation is 1. The molecule has 0 bridgehead atoms. The van der Waals surface area contributed by atoms with Gasteiger partial charge in [0.1, 0.15) is 6.04 Å². The fraction of sp³-hybridized carbons (Fsp3) is 0.429. The molecule has 0 saturated heterocycles.